The fourth-order valence-electron chi connectivity index (χ4n) is 1.95. The number of nitrogens with one attached hydrogen (secondary N) is 1. The first-order valence-corrected chi connectivity index (χ1v) is 7.19. The summed E-state index contributed by atoms with van der Waals surface area (Å²) in [6.45, 7) is 0. The van der Waals surface area contributed by atoms with Crippen LogP contribution in [0.15, 0.2) is 45.3 Å². The van der Waals surface area contributed by atoms with Gasteiger partial charge in [-0.2, -0.15) is 0 Å². The third-order valence-corrected chi connectivity index (χ3v) is 4.19. The molecule has 0 radical (unpaired) electrons. The maximum atomic E-state index is 14.0. The largest absolute Gasteiger partial charge is 0.309 e. The summed E-state index contributed by atoms with van der Waals surface area (Å²) in [4.78, 5) is 0. The van der Waals surface area contributed by atoms with Crippen LogP contribution in [0.3, 0.4) is 0 Å². The zero-order chi connectivity index (χ0) is 14.0. The highest BCUT2D eigenvalue weighted by Gasteiger charge is 2.20. The average molecular weight is 391 g/mol. The third kappa shape index (κ3) is 3.04. The minimum Gasteiger partial charge on any atom is -0.309 e. The molecule has 0 spiro atoms. The van der Waals surface area contributed by atoms with E-state index in [-0.39, 0.29) is 10.0 Å². The minimum absolute atomic E-state index is 0.121. The summed E-state index contributed by atoms with van der Waals surface area (Å²) < 4.78 is 28.6. The maximum absolute atomic E-state index is 14.0. The van der Waals surface area contributed by atoms with Gasteiger partial charge in [0.15, 0.2) is 0 Å². The van der Waals surface area contributed by atoms with Crippen molar-refractivity contribution in [3.05, 3.63) is 68.1 Å². The molecule has 0 aliphatic heterocycles. The van der Waals surface area contributed by atoms with Crippen molar-refractivity contribution < 1.29 is 8.78 Å². The number of halogens is 4. The summed E-state index contributed by atoms with van der Waals surface area (Å²) in [5.41, 5.74) is 1.13. The molecule has 5 heteroatoms. The Morgan fingerprint density at radius 2 is 1.63 bits per heavy atom. The summed E-state index contributed by atoms with van der Waals surface area (Å²) >= 11 is 6.40. The van der Waals surface area contributed by atoms with Gasteiger partial charge in [0.05, 0.1) is 10.5 Å². The zero-order valence-electron chi connectivity index (χ0n) is 10.1. The Morgan fingerprint density at radius 1 is 0.947 bits per heavy atom. The summed E-state index contributed by atoms with van der Waals surface area (Å²) in [6, 6.07) is 9.40. The summed E-state index contributed by atoms with van der Waals surface area (Å²) in [6.07, 6.45) is 0. The van der Waals surface area contributed by atoms with Crippen LogP contribution in [-0.2, 0) is 0 Å². The second kappa shape index (κ2) is 6.11. The molecular weight excluding hydrogens is 380 g/mol. The predicted octanol–water partition coefficient (Wildman–Crippen LogP) is 4.80. The molecule has 0 aromatic heterocycles. The van der Waals surface area contributed by atoms with Crippen molar-refractivity contribution in [3.63, 3.8) is 0 Å². The van der Waals surface area contributed by atoms with Gasteiger partial charge < -0.3 is 5.32 Å². The van der Waals surface area contributed by atoms with E-state index in [0.717, 1.165) is 16.1 Å². The van der Waals surface area contributed by atoms with Crippen molar-refractivity contribution in [2.45, 2.75) is 6.04 Å². The smallest absolute Gasteiger partial charge is 0.137 e. The quantitative estimate of drug-likeness (QED) is 0.742. The van der Waals surface area contributed by atoms with Gasteiger partial charge in [0.25, 0.3) is 0 Å². The van der Waals surface area contributed by atoms with Gasteiger partial charge >= 0.3 is 0 Å². The SMILES string of the molecule is CNC(c1cc(F)c(Br)cc1F)c1ccccc1Br. The van der Waals surface area contributed by atoms with Gasteiger partial charge in [-0.3, -0.25) is 0 Å². The molecule has 19 heavy (non-hydrogen) atoms. The van der Waals surface area contributed by atoms with E-state index >= 15 is 0 Å². The molecule has 2 aromatic rings. The molecule has 0 heterocycles. The number of hydrogen-bond acceptors (Lipinski definition) is 1. The monoisotopic (exact) mass is 389 g/mol. The van der Waals surface area contributed by atoms with E-state index in [0.29, 0.717) is 0 Å². The molecule has 0 bridgehead atoms. The van der Waals surface area contributed by atoms with E-state index in [2.05, 4.69) is 37.2 Å². The predicted molar refractivity (Wildman–Crippen MR) is 79.1 cm³/mol. The zero-order valence-corrected chi connectivity index (χ0v) is 13.2. The first-order chi connectivity index (χ1) is 9.04. The summed E-state index contributed by atoms with van der Waals surface area (Å²) in [5, 5.41) is 3.01. The van der Waals surface area contributed by atoms with Gasteiger partial charge in [-0.25, -0.2) is 8.78 Å². The van der Waals surface area contributed by atoms with Crippen molar-refractivity contribution in [1.82, 2.24) is 5.32 Å². The second-order valence-corrected chi connectivity index (χ2v) is 5.74. The summed E-state index contributed by atoms with van der Waals surface area (Å²) in [7, 11) is 1.71. The Labute approximate surface area is 127 Å². The van der Waals surface area contributed by atoms with Crippen molar-refractivity contribution >= 4 is 31.9 Å². The van der Waals surface area contributed by atoms with Gasteiger partial charge in [-0.1, -0.05) is 34.1 Å². The second-order valence-electron chi connectivity index (χ2n) is 4.03. The Hall–Kier alpha value is -0.780. The molecule has 1 nitrogen and oxygen atoms in total. The van der Waals surface area contributed by atoms with Crippen LogP contribution in [0.2, 0.25) is 0 Å². The van der Waals surface area contributed by atoms with Gasteiger partial charge in [0.1, 0.15) is 11.6 Å². The fraction of sp³-hybridized carbons (Fsp3) is 0.143. The van der Waals surface area contributed by atoms with Gasteiger partial charge in [-0.05, 0) is 46.7 Å². The van der Waals surface area contributed by atoms with Gasteiger partial charge in [0.2, 0.25) is 0 Å². The molecular formula is C14H11Br2F2N. The lowest BCUT2D eigenvalue weighted by atomic mass is 9.98. The Morgan fingerprint density at radius 3 is 2.26 bits per heavy atom. The van der Waals surface area contributed by atoms with E-state index in [9.17, 15) is 8.78 Å². The topological polar surface area (TPSA) is 12.0 Å². The standard InChI is InChI=1S/C14H11Br2F2N/c1-19-14(8-4-2-3-5-10(8)15)9-6-13(18)11(16)7-12(9)17/h2-7,14,19H,1H3. The van der Waals surface area contributed by atoms with Crippen LogP contribution in [-0.4, -0.2) is 7.05 Å². The number of hydrogen-bond donors (Lipinski definition) is 1. The molecule has 2 aromatic carbocycles. The first-order valence-electron chi connectivity index (χ1n) is 5.60. The average Bonchev–Trinajstić information content (AvgIpc) is 2.38. The Bertz CT molecular complexity index is 602. The lowest BCUT2D eigenvalue weighted by Crippen LogP contribution is -2.19. The molecule has 0 saturated carbocycles. The van der Waals surface area contributed by atoms with Crippen LogP contribution in [0.25, 0.3) is 0 Å². The highest BCUT2D eigenvalue weighted by atomic mass is 79.9. The van der Waals surface area contributed by atoms with Crippen LogP contribution in [0.5, 0.6) is 0 Å². The van der Waals surface area contributed by atoms with Crippen LogP contribution >= 0.6 is 31.9 Å². The molecule has 100 valence electrons. The van der Waals surface area contributed by atoms with Crippen LogP contribution in [0.4, 0.5) is 8.78 Å². The summed E-state index contributed by atoms with van der Waals surface area (Å²) in [5.74, 6) is -0.938. The van der Waals surface area contributed by atoms with Crippen molar-refractivity contribution in [3.8, 4) is 0 Å². The number of rotatable bonds is 3. The van der Waals surface area contributed by atoms with Gasteiger partial charge in [-0.15, -0.1) is 0 Å². The lowest BCUT2D eigenvalue weighted by molar-refractivity contribution is 0.554. The Kier molecular flexibility index (Phi) is 4.71. The highest BCUT2D eigenvalue weighted by molar-refractivity contribution is 9.10. The molecule has 1 unspecified atom stereocenters. The number of benzene rings is 2. The molecule has 1 N–H and O–H groups in total. The van der Waals surface area contributed by atoms with E-state index in [1.807, 2.05) is 24.3 Å². The normalized spacial score (nSPS) is 12.5. The van der Waals surface area contributed by atoms with E-state index in [4.69, 9.17) is 0 Å². The molecule has 0 fully saturated rings. The van der Waals surface area contributed by atoms with E-state index in [1.54, 1.807) is 7.05 Å². The molecule has 1 atom stereocenters. The van der Waals surface area contributed by atoms with Crippen molar-refractivity contribution in [2.24, 2.45) is 0 Å². The maximum Gasteiger partial charge on any atom is 0.137 e. The van der Waals surface area contributed by atoms with Crippen molar-refractivity contribution in [1.29, 1.82) is 0 Å². The third-order valence-electron chi connectivity index (χ3n) is 2.86. The van der Waals surface area contributed by atoms with Crippen LogP contribution in [0.1, 0.15) is 17.2 Å². The molecule has 0 saturated heterocycles. The van der Waals surface area contributed by atoms with E-state index < -0.39 is 17.7 Å². The molecule has 0 aliphatic rings. The van der Waals surface area contributed by atoms with E-state index in [1.165, 1.54) is 6.07 Å². The van der Waals surface area contributed by atoms with Crippen molar-refractivity contribution in [2.75, 3.05) is 7.05 Å². The molecule has 0 aliphatic carbocycles. The minimum atomic E-state index is -0.483. The Balaban J connectivity index is 2.55. The molecule has 2 rings (SSSR count). The molecule has 0 amide bonds. The lowest BCUT2D eigenvalue weighted by Gasteiger charge is -2.19. The highest BCUT2D eigenvalue weighted by Crippen LogP contribution is 2.31. The van der Waals surface area contributed by atoms with Crippen LogP contribution in [0, 0.1) is 11.6 Å². The van der Waals surface area contributed by atoms with Gasteiger partial charge in [0, 0.05) is 10.0 Å². The first kappa shape index (κ1) is 14.6. The van der Waals surface area contributed by atoms with Crippen LogP contribution < -0.4 is 5.32 Å². The fourth-order valence-corrected chi connectivity index (χ4v) is 2.78.